The number of nitrogens with one attached hydrogen (secondary N) is 1. The lowest BCUT2D eigenvalue weighted by molar-refractivity contribution is 0.0705. The van der Waals surface area contributed by atoms with Crippen molar-refractivity contribution in [1.82, 2.24) is 4.98 Å². The van der Waals surface area contributed by atoms with Crippen molar-refractivity contribution in [3.8, 4) is 5.75 Å². The predicted molar refractivity (Wildman–Crippen MR) is 74.5 cm³/mol. The van der Waals surface area contributed by atoms with Gasteiger partial charge in [0.05, 0.1) is 19.8 Å². The number of rotatable bonds is 8. The van der Waals surface area contributed by atoms with Gasteiger partial charge in [0.15, 0.2) is 0 Å². The molecule has 0 unspecified atom stereocenters. The fourth-order valence-electron chi connectivity index (χ4n) is 1.99. The number of hydrogen-bond acceptors (Lipinski definition) is 4. The first-order valence-electron chi connectivity index (χ1n) is 6.46. The van der Waals surface area contributed by atoms with Crippen LogP contribution in [0.25, 0.3) is 10.9 Å². The maximum absolute atomic E-state index is 8.58. The molecule has 0 atom stereocenters. The van der Waals surface area contributed by atoms with E-state index in [9.17, 15) is 0 Å². The highest BCUT2D eigenvalue weighted by molar-refractivity contribution is 5.84. The van der Waals surface area contributed by atoms with E-state index in [4.69, 9.17) is 20.3 Å². The van der Waals surface area contributed by atoms with Gasteiger partial charge < -0.3 is 25.3 Å². The van der Waals surface area contributed by atoms with Crippen molar-refractivity contribution in [2.24, 2.45) is 5.73 Å². The number of nitrogens with two attached hydrogens (primary N) is 1. The minimum Gasteiger partial charge on any atom is -0.491 e. The third-order valence-electron chi connectivity index (χ3n) is 2.88. The summed E-state index contributed by atoms with van der Waals surface area (Å²) in [6, 6.07) is 5.94. The Labute approximate surface area is 112 Å². The summed E-state index contributed by atoms with van der Waals surface area (Å²) < 4.78 is 10.8. The smallest absolute Gasteiger partial charge is 0.120 e. The first-order valence-corrected chi connectivity index (χ1v) is 6.46. The van der Waals surface area contributed by atoms with Crippen LogP contribution in [0.3, 0.4) is 0 Å². The van der Waals surface area contributed by atoms with E-state index in [1.165, 1.54) is 5.56 Å². The molecule has 0 spiro atoms. The second-order valence-corrected chi connectivity index (χ2v) is 4.24. The van der Waals surface area contributed by atoms with Crippen molar-refractivity contribution in [1.29, 1.82) is 0 Å². The summed E-state index contributed by atoms with van der Waals surface area (Å²) in [6.45, 7) is 1.97. The number of H-pyrrole nitrogens is 1. The standard InChI is InChI=1S/C14H20N2O3/c15-4-3-11-10-16-14-2-1-12(9-13(11)14)19-8-7-18-6-5-17/h1-2,9-10,16-17H,3-8,15H2. The first-order chi connectivity index (χ1) is 9.35. The first kappa shape index (κ1) is 13.9. The highest BCUT2D eigenvalue weighted by Gasteiger charge is 2.04. The van der Waals surface area contributed by atoms with Crippen LogP contribution >= 0.6 is 0 Å². The molecule has 1 aromatic heterocycles. The van der Waals surface area contributed by atoms with Crippen LogP contribution in [0.2, 0.25) is 0 Å². The van der Waals surface area contributed by atoms with Gasteiger partial charge in [0, 0.05) is 17.1 Å². The summed E-state index contributed by atoms with van der Waals surface area (Å²) in [5.41, 5.74) is 7.89. The van der Waals surface area contributed by atoms with E-state index in [-0.39, 0.29) is 6.61 Å². The number of fused-ring (bicyclic) bond motifs is 1. The molecule has 19 heavy (non-hydrogen) atoms. The van der Waals surface area contributed by atoms with Gasteiger partial charge in [-0.1, -0.05) is 0 Å². The van der Waals surface area contributed by atoms with Gasteiger partial charge in [0.1, 0.15) is 12.4 Å². The molecule has 0 aliphatic heterocycles. The molecule has 5 heteroatoms. The number of aromatic nitrogens is 1. The van der Waals surface area contributed by atoms with E-state index in [0.717, 1.165) is 23.1 Å². The average molecular weight is 264 g/mol. The highest BCUT2D eigenvalue weighted by Crippen LogP contribution is 2.23. The van der Waals surface area contributed by atoms with Crippen LogP contribution in [0.5, 0.6) is 5.75 Å². The lowest BCUT2D eigenvalue weighted by Crippen LogP contribution is -2.09. The molecule has 1 aromatic carbocycles. The second-order valence-electron chi connectivity index (χ2n) is 4.24. The summed E-state index contributed by atoms with van der Waals surface area (Å²) in [6.07, 6.45) is 2.84. The third-order valence-corrected chi connectivity index (χ3v) is 2.88. The average Bonchev–Trinajstić information content (AvgIpc) is 2.82. The van der Waals surface area contributed by atoms with Gasteiger partial charge in [-0.15, -0.1) is 0 Å². The summed E-state index contributed by atoms with van der Waals surface area (Å²) in [7, 11) is 0. The third kappa shape index (κ3) is 3.70. The Hall–Kier alpha value is -1.56. The van der Waals surface area contributed by atoms with Crippen LogP contribution in [0.4, 0.5) is 0 Å². The number of aliphatic hydroxyl groups is 1. The van der Waals surface area contributed by atoms with Crippen LogP contribution in [-0.4, -0.2) is 43.1 Å². The van der Waals surface area contributed by atoms with Gasteiger partial charge in [-0.2, -0.15) is 0 Å². The molecule has 4 N–H and O–H groups in total. The van der Waals surface area contributed by atoms with Gasteiger partial charge >= 0.3 is 0 Å². The molecule has 0 radical (unpaired) electrons. The van der Waals surface area contributed by atoms with Gasteiger partial charge in [-0.3, -0.25) is 0 Å². The minimum absolute atomic E-state index is 0.0394. The Balaban J connectivity index is 1.97. The predicted octanol–water partition coefficient (Wildman–Crippen LogP) is 1.06. The Bertz CT molecular complexity index is 510. The maximum atomic E-state index is 8.58. The molecule has 0 saturated heterocycles. The molecule has 0 aliphatic rings. The fourth-order valence-corrected chi connectivity index (χ4v) is 1.99. The van der Waals surface area contributed by atoms with Gasteiger partial charge in [0.2, 0.25) is 0 Å². The van der Waals surface area contributed by atoms with E-state index in [1.807, 2.05) is 24.4 Å². The monoisotopic (exact) mass is 264 g/mol. The number of aliphatic hydroxyl groups excluding tert-OH is 1. The van der Waals surface area contributed by atoms with Crippen molar-refractivity contribution in [3.63, 3.8) is 0 Å². The van der Waals surface area contributed by atoms with Crippen LogP contribution in [0.15, 0.2) is 24.4 Å². The Morgan fingerprint density at radius 1 is 1.21 bits per heavy atom. The van der Waals surface area contributed by atoms with Crippen LogP contribution < -0.4 is 10.5 Å². The van der Waals surface area contributed by atoms with Gasteiger partial charge in [0.25, 0.3) is 0 Å². The molecule has 0 saturated carbocycles. The SMILES string of the molecule is NCCc1c[nH]c2ccc(OCCOCCO)cc12. The molecule has 0 aliphatic carbocycles. The van der Waals surface area contributed by atoms with Gasteiger partial charge in [-0.25, -0.2) is 0 Å². The topological polar surface area (TPSA) is 80.5 Å². The van der Waals surface area contributed by atoms with Crippen LogP contribution in [0, 0.1) is 0 Å². The fraction of sp³-hybridized carbons (Fsp3) is 0.429. The van der Waals surface area contributed by atoms with Crippen LogP contribution in [-0.2, 0) is 11.2 Å². The summed E-state index contributed by atoms with van der Waals surface area (Å²) in [5, 5.41) is 9.73. The number of benzene rings is 1. The normalized spacial score (nSPS) is 11.1. The molecule has 0 fully saturated rings. The zero-order chi connectivity index (χ0) is 13.5. The molecule has 2 rings (SSSR count). The van der Waals surface area contributed by atoms with E-state index in [1.54, 1.807) is 0 Å². The molecular weight excluding hydrogens is 244 g/mol. The molecule has 2 aromatic rings. The van der Waals surface area contributed by atoms with Crippen molar-refractivity contribution in [2.75, 3.05) is 33.0 Å². The summed E-state index contributed by atoms with van der Waals surface area (Å²) >= 11 is 0. The largest absolute Gasteiger partial charge is 0.491 e. The Kier molecular flexibility index (Phi) is 5.20. The van der Waals surface area contributed by atoms with Gasteiger partial charge in [-0.05, 0) is 36.7 Å². The van der Waals surface area contributed by atoms with E-state index >= 15 is 0 Å². The lowest BCUT2D eigenvalue weighted by Gasteiger charge is -2.07. The summed E-state index contributed by atoms with van der Waals surface area (Å²) in [5.74, 6) is 0.818. The van der Waals surface area contributed by atoms with E-state index < -0.39 is 0 Å². The minimum atomic E-state index is 0.0394. The summed E-state index contributed by atoms with van der Waals surface area (Å²) in [4.78, 5) is 3.22. The van der Waals surface area contributed by atoms with E-state index in [2.05, 4.69) is 4.98 Å². The number of hydrogen-bond donors (Lipinski definition) is 3. The molecule has 0 amide bonds. The quantitative estimate of drug-likeness (QED) is 0.623. The van der Waals surface area contributed by atoms with Crippen molar-refractivity contribution < 1.29 is 14.6 Å². The molecule has 0 bridgehead atoms. The molecule has 1 heterocycles. The van der Waals surface area contributed by atoms with Crippen molar-refractivity contribution in [3.05, 3.63) is 30.0 Å². The lowest BCUT2D eigenvalue weighted by atomic mass is 10.1. The number of aromatic amines is 1. The Morgan fingerprint density at radius 2 is 2.11 bits per heavy atom. The molecule has 5 nitrogen and oxygen atoms in total. The zero-order valence-corrected chi connectivity index (χ0v) is 10.9. The van der Waals surface area contributed by atoms with Crippen LogP contribution in [0.1, 0.15) is 5.56 Å². The number of ether oxygens (including phenoxy) is 2. The highest BCUT2D eigenvalue weighted by atomic mass is 16.5. The zero-order valence-electron chi connectivity index (χ0n) is 10.9. The Morgan fingerprint density at radius 3 is 2.89 bits per heavy atom. The van der Waals surface area contributed by atoms with Crippen molar-refractivity contribution in [2.45, 2.75) is 6.42 Å². The van der Waals surface area contributed by atoms with E-state index in [0.29, 0.717) is 26.4 Å². The molecule has 104 valence electrons. The molecular formula is C14H20N2O3. The maximum Gasteiger partial charge on any atom is 0.120 e. The van der Waals surface area contributed by atoms with Crippen molar-refractivity contribution >= 4 is 10.9 Å². The second kappa shape index (κ2) is 7.13.